The topological polar surface area (TPSA) is 80.7 Å². The maximum absolute atomic E-state index is 12.4. The highest BCUT2D eigenvalue weighted by Gasteiger charge is 2.38. The minimum Gasteiger partial charge on any atom is -0.481 e. The van der Waals surface area contributed by atoms with E-state index in [9.17, 15) is 18.3 Å². The Hall–Kier alpha value is -1.40. The number of benzene rings is 1. The third-order valence-electron chi connectivity index (χ3n) is 3.67. The zero-order valence-electron chi connectivity index (χ0n) is 11.2. The van der Waals surface area contributed by atoms with E-state index in [4.69, 9.17) is 4.74 Å². The highest BCUT2D eigenvalue weighted by atomic mass is 32.2. The second-order valence-electron chi connectivity index (χ2n) is 5.03. The Kier molecular flexibility index (Phi) is 4.45. The van der Waals surface area contributed by atoms with E-state index in [1.54, 1.807) is 37.3 Å². The minimum absolute atomic E-state index is 0.370. The highest BCUT2D eigenvalue weighted by molar-refractivity contribution is 7.92. The van der Waals surface area contributed by atoms with Gasteiger partial charge in [0, 0.05) is 6.61 Å². The number of hydrogen-bond donors (Lipinski definition) is 1. The Morgan fingerprint density at radius 1 is 1.40 bits per heavy atom. The normalized spacial score (nSPS) is 24.4. The lowest BCUT2D eigenvalue weighted by Crippen LogP contribution is -2.34. The number of hydrogen-bond acceptors (Lipinski definition) is 4. The number of carboxylic acids is 1. The fourth-order valence-corrected chi connectivity index (χ4v) is 4.70. The van der Waals surface area contributed by atoms with E-state index in [2.05, 4.69) is 0 Å². The second kappa shape index (κ2) is 5.93. The van der Waals surface area contributed by atoms with Crippen molar-refractivity contribution in [2.24, 2.45) is 0 Å². The molecule has 1 heterocycles. The van der Waals surface area contributed by atoms with E-state index in [1.165, 1.54) is 0 Å². The van der Waals surface area contributed by atoms with Crippen molar-refractivity contribution in [3.05, 3.63) is 35.9 Å². The number of rotatable bonds is 5. The van der Waals surface area contributed by atoms with Gasteiger partial charge in [-0.25, -0.2) is 8.42 Å². The van der Waals surface area contributed by atoms with Crippen LogP contribution in [-0.2, 0) is 19.4 Å². The van der Waals surface area contributed by atoms with Gasteiger partial charge in [0.15, 0.2) is 9.84 Å². The van der Waals surface area contributed by atoms with Gasteiger partial charge in [-0.2, -0.15) is 0 Å². The minimum atomic E-state index is -3.51. The van der Waals surface area contributed by atoms with Crippen molar-refractivity contribution >= 4 is 15.8 Å². The molecule has 1 N–H and O–H groups in total. The number of ether oxygens (including phenoxy) is 1. The van der Waals surface area contributed by atoms with Gasteiger partial charge in [-0.3, -0.25) is 4.79 Å². The van der Waals surface area contributed by atoms with Crippen LogP contribution < -0.4 is 0 Å². The first-order chi connectivity index (χ1) is 9.42. The van der Waals surface area contributed by atoms with Crippen molar-refractivity contribution in [3.63, 3.8) is 0 Å². The molecule has 1 saturated heterocycles. The molecule has 0 bridgehead atoms. The Morgan fingerprint density at radius 3 is 2.55 bits per heavy atom. The smallest absolute Gasteiger partial charge is 0.312 e. The molecular formula is C14H18O5S. The van der Waals surface area contributed by atoms with Crippen LogP contribution in [0.3, 0.4) is 0 Å². The van der Waals surface area contributed by atoms with Crippen LogP contribution in [0, 0.1) is 0 Å². The summed E-state index contributed by atoms with van der Waals surface area (Å²) in [6.07, 6.45) is 0.0650. The predicted octanol–water partition coefficient (Wildman–Crippen LogP) is 1.45. The molecule has 110 valence electrons. The van der Waals surface area contributed by atoms with Gasteiger partial charge in [-0.15, -0.1) is 0 Å². The van der Waals surface area contributed by atoms with Crippen molar-refractivity contribution in [1.29, 1.82) is 0 Å². The van der Waals surface area contributed by atoms with Crippen LogP contribution in [0.4, 0.5) is 0 Å². The van der Waals surface area contributed by atoms with Crippen molar-refractivity contribution in [2.45, 2.75) is 30.6 Å². The van der Waals surface area contributed by atoms with Crippen LogP contribution in [0.5, 0.6) is 0 Å². The van der Waals surface area contributed by atoms with Crippen molar-refractivity contribution in [1.82, 2.24) is 0 Å². The quantitative estimate of drug-likeness (QED) is 0.890. The molecule has 3 atom stereocenters. The second-order valence-corrected chi connectivity index (χ2v) is 7.30. The Morgan fingerprint density at radius 2 is 2.05 bits per heavy atom. The lowest BCUT2D eigenvalue weighted by atomic mass is 10.0. The fourth-order valence-electron chi connectivity index (χ4n) is 2.54. The molecule has 0 aromatic heterocycles. The molecule has 6 heteroatoms. The number of sulfone groups is 1. The maximum atomic E-state index is 12.4. The SMILES string of the molecule is CC1OCCC1S(=O)(=O)CC(C(=O)O)c1ccccc1. The summed E-state index contributed by atoms with van der Waals surface area (Å²) in [5.41, 5.74) is 0.509. The summed E-state index contributed by atoms with van der Waals surface area (Å²) in [7, 11) is -3.51. The predicted molar refractivity (Wildman–Crippen MR) is 74.4 cm³/mol. The van der Waals surface area contributed by atoms with Crippen LogP contribution in [-0.4, -0.2) is 43.2 Å². The molecule has 3 unspecified atom stereocenters. The van der Waals surface area contributed by atoms with Crippen molar-refractivity contribution < 1.29 is 23.1 Å². The molecule has 0 radical (unpaired) electrons. The molecule has 1 aliphatic heterocycles. The summed E-state index contributed by atoms with van der Waals surface area (Å²) in [6.45, 7) is 2.13. The van der Waals surface area contributed by atoms with E-state index in [0.717, 1.165) is 0 Å². The van der Waals surface area contributed by atoms with Crippen LogP contribution in [0.25, 0.3) is 0 Å². The van der Waals surface area contributed by atoms with Crippen molar-refractivity contribution in [3.8, 4) is 0 Å². The molecule has 1 aromatic rings. The highest BCUT2D eigenvalue weighted by Crippen LogP contribution is 2.26. The van der Waals surface area contributed by atoms with Crippen molar-refractivity contribution in [2.75, 3.05) is 12.4 Å². The first-order valence-electron chi connectivity index (χ1n) is 6.53. The largest absolute Gasteiger partial charge is 0.481 e. The van der Waals surface area contributed by atoms with Gasteiger partial charge in [0.2, 0.25) is 0 Å². The van der Waals surface area contributed by atoms with Gasteiger partial charge in [-0.05, 0) is 18.9 Å². The summed E-state index contributed by atoms with van der Waals surface area (Å²) in [6, 6.07) is 8.47. The molecule has 0 aliphatic carbocycles. The standard InChI is InChI=1S/C14H18O5S/c1-10-13(7-8-19-10)20(17,18)9-12(14(15)16)11-5-3-2-4-6-11/h2-6,10,12-13H,7-9H2,1H3,(H,15,16). The molecule has 5 nitrogen and oxygen atoms in total. The molecule has 0 saturated carbocycles. The fraction of sp³-hybridized carbons (Fsp3) is 0.500. The average Bonchev–Trinajstić information content (AvgIpc) is 2.84. The van der Waals surface area contributed by atoms with Gasteiger partial charge < -0.3 is 9.84 Å². The zero-order valence-corrected chi connectivity index (χ0v) is 12.0. The lowest BCUT2D eigenvalue weighted by Gasteiger charge is -2.18. The summed E-state index contributed by atoms with van der Waals surface area (Å²) in [5.74, 6) is -2.54. The van der Waals surface area contributed by atoms with Crippen LogP contribution in [0.15, 0.2) is 30.3 Å². The van der Waals surface area contributed by atoms with Gasteiger partial charge in [-0.1, -0.05) is 30.3 Å². The molecule has 0 spiro atoms. The lowest BCUT2D eigenvalue weighted by molar-refractivity contribution is -0.138. The summed E-state index contributed by atoms with van der Waals surface area (Å²) >= 11 is 0. The van der Waals surface area contributed by atoms with E-state index >= 15 is 0 Å². The molecular weight excluding hydrogens is 280 g/mol. The van der Waals surface area contributed by atoms with Gasteiger partial charge >= 0.3 is 5.97 Å². The van der Waals surface area contributed by atoms with Gasteiger partial charge in [0.1, 0.15) is 0 Å². The van der Waals surface area contributed by atoms with E-state index in [0.29, 0.717) is 18.6 Å². The van der Waals surface area contributed by atoms with E-state index in [1.807, 2.05) is 0 Å². The molecule has 1 aliphatic rings. The molecule has 0 amide bonds. The maximum Gasteiger partial charge on any atom is 0.312 e. The van der Waals surface area contributed by atoms with Crippen LogP contribution >= 0.6 is 0 Å². The Labute approximate surface area is 118 Å². The van der Waals surface area contributed by atoms with Crippen LogP contribution in [0.2, 0.25) is 0 Å². The number of carbonyl (C=O) groups is 1. The first kappa shape index (κ1) is 15.0. The number of carboxylic acid groups (broad SMARTS) is 1. The Bertz CT molecular complexity index is 566. The number of aliphatic carboxylic acids is 1. The van der Waals surface area contributed by atoms with E-state index < -0.39 is 27.0 Å². The monoisotopic (exact) mass is 298 g/mol. The third kappa shape index (κ3) is 3.19. The molecule has 1 fully saturated rings. The van der Waals surface area contributed by atoms with Gasteiger partial charge in [0.05, 0.1) is 23.0 Å². The molecule has 2 rings (SSSR count). The summed E-state index contributed by atoms with van der Waals surface area (Å²) in [5, 5.41) is 8.70. The first-order valence-corrected chi connectivity index (χ1v) is 8.24. The zero-order chi connectivity index (χ0) is 14.8. The van der Waals surface area contributed by atoms with Gasteiger partial charge in [0.25, 0.3) is 0 Å². The Balaban J connectivity index is 2.23. The molecule has 20 heavy (non-hydrogen) atoms. The van der Waals surface area contributed by atoms with Crippen LogP contribution in [0.1, 0.15) is 24.8 Å². The summed E-state index contributed by atoms with van der Waals surface area (Å²) < 4.78 is 30.0. The third-order valence-corrected chi connectivity index (χ3v) is 6.01. The van der Waals surface area contributed by atoms with E-state index in [-0.39, 0.29) is 11.9 Å². The average molecular weight is 298 g/mol. The molecule has 1 aromatic carbocycles. The summed E-state index contributed by atoms with van der Waals surface area (Å²) in [4.78, 5) is 11.4.